The second-order valence-corrected chi connectivity index (χ2v) is 2.87. The number of hydrogen-bond donors (Lipinski definition) is 1. The van der Waals surface area contributed by atoms with Crippen LogP contribution in [0, 0.1) is 0 Å². The Morgan fingerprint density at radius 1 is 1.40 bits per heavy atom. The number of halogens is 3. The van der Waals surface area contributed by atoms with E-state index in [4.69, 9.17) is 5.73 Å². The third kappa shape index (κ3) is 2.37. The summed E-state index contributed by atoms with van der Waals surface area (Å²) < 4.78 is 37.4. The molecule has 1 amide bonds. The topological polar surface area (TPSA) is 43.1 Å². The van der Waals surface area contributed by atoms with E-state index in [2.05, 4.69) is 6.58 Å². The second-order valence-electron chi connectivity index (χ2n) is 2.87. The minimum atomic E-state index is -4.52. The summed E-state index contributed by atoms with van der Waals surface area (Å²) in [5.41, 5.74) is 3.73. The van der Waals surface area contributed by atoms with Crippen molar-refractivity contribution < 1.29 is 18.0 Å². The first-order chi connectivity index (χ1) is 6.86. The van der Waals surface area contributed by atoms with Gasteiger partial charge in [0.1, 0.15) is 0 Å². The van der Waals surface area contributed by atoms with Crippen molar-refractivity contribution in [3.63, 3.8) is 0 Å². The molecule has 15 heavy (non-hydrogen) atoms. The summed E-state index contributed by atoms with van der Waals surface area (Å²) in [5, 5.41) is 0. The second kappa shape index (κ2) is 3.76. The SMILES string of the molecule is C=Cc1ccc(C(N)=O)cc1C(F)(F)F. The predicted molar refractivity (Wildman–Crippen MR) is 50.1 cm³/mol. The van der Waals surface area contributed by atoms with Gasteiger partial charge in [-0.15, -0.1) is 0 Å². The maximum Gasteiger partial charge on any atom is 0.417 e. The summed E-state index contributed by atoms with van der Waals surface area (Å²) in [6.07, 6.45) is -3.44. The Kier molecular flexibility index (Phi) is 2.83. The van der Waals surface area contributed by atoms with Crippen molar-refractivity contribution in [3.05, 3.63) is 41.5 Å². The number of benzene rings is 1. The van der Waals surface area contributed by atoms with Crippen molar-refractivity contribution in [3.8, 4) is 0 Å². The van der Waals surface area contributed by atoms with E-state index in [1.165, 1.54) is 6.07 Å². The zero-order chi connectivity index (χ0) is 11.6. The smallest absolute Gasteiger partial charge is 0.366 e. The summed E-state index contributed by atoms with van der Waals surface area (Å²) in [6.45, 7) is 3.26. The van der Waals surface area contributed by atoms with Gasteiger partial charge in [-0.2, -0.15) is 13.2 Å². The van der Waals surface area contributed by atoms with Gasteiger partial charge in [-0.25, -0.2) is 0 Å². The minimum absolute atomic E-state index is 0.0764. The van der Waals surface area contributed by atoms with Crippen molar-refractivity contribution in [2.24, 2.45) is 5.73 Å². The number of nitrogens with two attached hydrogens (primary N) is 1. The van der Waals surface area contributed by atoms with E-state index >= 15 is 0 Å². The van der Waals surface area contributed by atoms with Gasteiger partial charge in [0.05, 0.1) is 5.56 Å². The molecular weight excluding hydrogens is 207 g/mol. The lowest BCUT2D eigenvalue weighted by Gasteiger charge is -2.11. The molecule has 0 bridgehead atoms. The van der Waals surface area contributed by atoms with Crippen LogP contribution in [0.15, 0.2) is 24.8 Å². The molecule has 2 N–H and O–H groups in total. The molecule has 0 fully saturated rings. The highest BCUT2D eigenvalue weighted by atomic mass is 19.4. The molecule has 0 aliphatic rings. The maximum absolute atomic E-state index is 12.5. The number of primary amides is 1. The molecule has 0 spiro atoms. The minimum Gasteiger partial charge on any atom is -0.366 e. The van der Waals surface area contributed by atoms with E-state index in [9.17, 15) is 18.0 Å². The van der Waals surface area contributed by atoms with Crippen molar-refractivity contribution in [2.75, 3.05) is 0 Å². The van der Waals surface area contributed by atoms with Crippen molar-refractivity contribution >= 4 is 12.0 Å². The van der Waals surface area contributed by atoms with Crippen LogP contribution in [-0.2, 0) is 6.18 Å². The molecule has 1 aromatic carbocycles. The Morgan fingerprint density at radius 2 is 2.00 bits per heavy atom. The van der Waals surface area contributed by atoms with Crippen LogP contribution in [0.25, 0.3) is 6.08 Å². The first kappa shape index (κ1) is 11.3. The number of carbonyl (C=O) groups is 1. The summed E-state index contributed by atoms with van der Waals surface area (Å²) in [6, 6.07) is 3.11. The quantitative estimate of drug-likeness (QED) is 0.808. The maximum atomic E-state index is 12.5. The third-order valence-corrected chi connectivity index (χ3v) is 1.86. The van der Waals surface area contributed by atoms with E-state index in [0.717, 1.165) is 18.2 Å². The van der Waals surface area contributed by atoms with Gasteiger partial charge in [-0.1, -0.05) is 18.7 Å². The van der Waals surface area contributed by atoms with Crippen LogP contribution in [0.5, 0.6) is 0 Å². The first-order valence-electron chi connectivity index (χ1n) is 3.99. The number of rotatable bonds is 2. The van der Waals surface area contributed by atoms with Crippen LogP contribution in [0.4, 0.5) is 13.2 Å². The highest BCUT2D eigenvalue weighted by molar-refractivity contribution is 5.93. The average molecular weight is 215 g/mol. The fourth-order valence-electron chi connectivity index (χ4n) is 1.13. The normalized spacial score (nSPS) is 11.1. The standard InChI is InChI=1S/C10H8F3NO/c1-2-6-3-4-7(9(14)15)5-8(6)10(11,12)13/h2-5H,1H2,(H2,14,15). The molecule has 0 saturated carbocycles. The largest absolute Gasteiger partial charge is 0.417 e. The van der Waals surface area contributed by atoms with Gasteiger partial charge in [0.2, 0.25) is 5.91 Å². The van der Waals surface area contributed by atoms with Crippen molar-refractivity contribution in [2.45, 2.75) is 6.18 Å². The number of alkyl halides is 3. The van der Waals surface area contributed by atoms with Gasteiger partial charge < -0.3 is 5.73 Å². The molecule has 0 saturated heterocycles. The Labute approximate surface area is 84.2 Å². The van der Waals surface area contributed by atoms with Crippen LogP contribution < -0.4 is 5.73 Å². The van der Waals surface area contributed by atoms with Gasteiger partial charge in [-0.05, 0) is 17.7 Å². The van der Waals surface area contributed by atoms with E-state index in [1.54, 1.807) is 0 Å². The summed E-state index contributed by atoms with van der Waals surface area (Å²) in [4.78, 5) is 10.7. The summed E-state index contributed by atoms with van der Waals surface area (Å²) in [5.74, 6) is -0.892. The van der Waals surface area contributed by atoms with E-state index < -0.39 is 17.6 Å². The molecule has 5 heteroatoms. The Hall–Kier alpha value is -1.78. The molecule has 0 radical (unpaired) electrons. The zero-order valence-corrected chi connectivity index (χ0v) is 7.64. The molecule has 1 aromatic rings. The van der Waals surface area contributed by atoms with E-state index in [0.29, 0.717) is 0 Å². The predicted octanol–water partition coefficient (Wildman–Crippen LogP) is 2.45. The zero-order valence-electron chi connectivity index (χ0n) is 7.64. The lowest BCUT2D eigenvalue weighted by atomic mass is 10.0. The van der Waals surface area contributed by atoms with Gasteiger partial charge in [0.25, 0.3) is 0 Å². The highest BCUT2D eigenvalue weighted by Gasteiger charge is 2.33. The third-order valence-electron chi connectivity index (χ3n) is 1.86. The molecule has 0 unspecified atom stereocenters. The average Bonchev–Trinajstić information content (AvgIpc) is 2.15. The Bertz CT molecular complexity index is 410. The molecule has 0 aliphatic heterocycles. The van der Waals surface area contributed by atoms with Crippen LogP contribution >= 0.6 is 0 Å². The van der Waals surface area contributed by atoms with Gasteiger partial charge >= 0.3 is 6.18 Å². The Morgan fingerprint density at radius 3 is 2.40 bits per heavy atom. The highest BCUT2D eigenvalue weighted by Crippen LogP contribution is 2.33. The molecule has 0 aliphatic carbocycles. The lowest BCUT2D eigenvalue weighted by Crippen LogP contribution is -2.14. The molecule has 2 nitrogen and oxygen atoms in total. The first-order valence-corrected chi connectivity index (χ1v) is 3.99. The molecule has 0 heterocycles. The fraction of sp³-hybridized carbons (Fsp3) is 0.100. The molecular formula is C10H8F3NO. The van der Waals surface area contributed by atoms with Crippen LogP contribution in [0.3, 0.4) is 0 Å². The van der Waals surface area contributed by atoms with Crippen molar-refractivity contribution in [1.29, 1.82) is 0 Å². The summed E-state index contributed by atoms with van der Waals surface area (Å²) >= 11 is 0. The van der Waals surface area contributed by atoms with Crippen LogP contribution in [0.1, 0.15) is 21.5 Å². The molecule has 1 rings (SSSR count). The van der Waals surface area contributed by atoms with Gasteiger partial charge in [0.15, 0.2) is 0 Å². The molecule has 0 aromatic heterocycles. The monoisotopic (exact) mass is 215 g/mol. The van der Waals surface area contributed by atoms with Crippen molar-refractivity contribution in [1.82, 2.24) is 0 Å². The lowest BCUT2D eigenvalue weighted by molar-refractivity contribution is -0.137. The van der Waals surface area contributed by atoms with E-state index in [1.807, 2.05) is 0 Å². The number of amides is 1. The Balaban J connectivity index is 3.38. The molecule has 80 valence electrons. The van der Waals surface area contributed by atoms with E-state index in [-0.39, 0.29) is 11.1 Å². The van der Waals surface area contributed by atoms with Gasteiger partial charge in [-0.3, -0.25) is 4.79 Å². The number of carbonyl (C=O) groups excluding carboxylic acids is 1. The number of hydrogen-bond acceptors (Lipinski definition) is 1. The van der Waals surface area contributed by atoms with Gasteiger partial charge in [0, 0.05) is 5.56 Å². The summed E-state index contributed by atoms with van der Waals surface area (Å²) in [7, 11) is 0. The van der Waals surface area contributed by atoms with Crippen LogP contribution in [-0.4, -0.2) is 5.91 Å². The van der Waals surface area contributed by atoms with Crippen LogP contribution in [0.2, 0.25) is 0 Å². The molecule has 0 atom stereocenters. The fourth-order valence-corrected chi connectivity index (χ4v) is 1.13.